The van der Waals surface area contributed by atoms with Gasteiger partial charge in [0.1, 0.15) is 6.26 Å². The molecule has 1 unspecified atom stereocenters. The second-order valence-electron chi connectivity index (χ2n) is 6.58. The van der Waals surface area contributed by atoms with Crippen LogP contribution in [0.1, 0.15) is 60.1 Å². The highest BCUT2D eigenvalue weighted by atomic mass is 16.3. The molecule has 1 amide bonds. The third-order valence-corrected chi connectivity index (χ3v) is 4.65. The van der Waals surface area contributed by atoms with Gasteiger partial charge in [-0.15, -0.1) is 0 Å². The summed E-state index contributed by atoms with van der Waals surface area (Å²) in [6.45, 7) is 0.719. The van der Waals surface area contributed by atoms with Gasteiger partial charge in [0.25, 0.3) is 5.91 Å². The van der Waals surface area contributed by atoms with Gasteiger partial charge in [0, 0.05) is 6.54 Å². The maximum atomic E-state index is 12.2. The van der Waals surface area contributed by atoms with Crippen LogP contribution in [0, 0.1) is 5.92 Å². The third kappa shape index (κ3) is 4.45. The Hall–Kier alpha value is -2.14. The Labute approximate surface area is 142 Å². The third-order valence-electron chi connectivity index (χ3n) is 4.65. The van der Waals surface area contributed by atoms with Gasteiger partial charge in [0.05, 0.1) is 6.04 Å². The summed E-state index contributed by atoms with van der Waals surface area (Å²) in [6.07, 6.45) is 8.28. The molecule has 2 aromatic rings. The number of benzene rings is 1. The number of hydrogen-bond acceptors (Lipinski definition) is 4. The molecule has 1 fully saturated rings. The minimum atomic E-state index is -0.354. The molecule has 0 bridgehead atoms. The molecule has 1 heterocycles. The summed E-state index contributed by atoms with van der Waals surface area (Å²) in [7, 11) is 0. The van der Waals surface area contributed by atoms with Gasteiger partial charge in [0.15, 0.2) is 5.69 Å². The maximum Gasteiger partial charge on any atom is 0.273 e. The molecule has 0 spiro atoms. The molecule has 1 aliphatic carbocycles. The smallest absolute Gasteiger partial charge is 0.273 e. The van der Waals surface area contributed by atoms with Crippen LogP contribution in [0.5, 0.6) is 0 Å². The van der Waals surface area contributed by atoms with Crippen LogP contribution in [-0.2, 0) is 6.42 Å². The first-order chi connectivity index (χ1) is 11.7. The van der Waals surface area contributed by atoms with Crippen LogP contribution in [0.3, 0.4) is 0 Å². The van der Waals surface area contributed by atoms with Gasteiger partial charge in [-0.2, -0.15) is 0 Å². The summed E-state index contributed by atoms with van der Waals surface area (Å²) >= 11 is 0. The van der Waals surface area contributed by atoms with E-state index in [2.05, 4.69) is 10.3 Å². The van der Waals surface area contributed by atoms with Crippen LogP contribution in [0.15, 0.2) is 41.0 Å². The van der Waals surface area contributed by atoms with Gasteiger partial charge in [-0.1, -0.05) is 49.6 Å². The molecule has 128 valence electrons. The molecule has 1 saturated carbocycles. The van der Waals surface area contributed by atoms with Gasteiger partial charge < -0.3 is 15.5 Å². The molecular weight excluding hydrogens is 302 g/mol. The van der Waals surface area contributed by atoms with E-state index in [0.717, 1.165) is 12.1 Å². The van der Waals surface area contributed by atoms with Gasteiger partial charge in [-0.05, 0) is 30.7 Å². The lowest BCUT2D eigenvalue weighted by Crippen LogP contribution is -2.30. The first-order valence-electron chi connectivity index (χ1n) is 8.75. The van der Waals surface area contributed by atoms with Crippen LogP contribution >= 0.6 is 0 Å². The highest BCUT2D eigenvalue weighted by Gasteiger charge is 2.19. The molecule has 5 nitrogen and oxygen atoms in total. The fourth-order valence-corrected chi connectivity index (χ4v) is 3.24. The van der Waals surface area contributed by atoms with Crippen molar-refractivity contribution < 1.29 is 9.21 Å². The molecule has 0 radical (unpaired) electrons. The molecule has 1 aromatic heterocycles. The summed E-state index contributed by atoms with van der Waals surface area (Å²) in [6, 6.07) is 9.59. The van der Waals surface area contributed by atoms with E-state index in [1.165, 1.54) is 38.4 Å². The summed E-state index contributed by atoms with van der Waals surface area (Å²) in [5.41, 5.74) is 7.57. The van der Waals surface area contributed by atoms with Crippen molar-refractivity contribution in [1.29, 1.82) is 0 Å². The van der Waals surface area contributed by atoms with E-state index in [-0.39, 0.29) is 11.9 Å². The Bertz CT molecular complexity index is 648. The fraction of sp³-hybridized carbons (Fsp3) is 0.474. The molecule has 3 N–H and O–H groups in total. The summed E-state index contributed by atoms with van der Waals surface area (Å²) < 4.78 is 5.41. The lowest BCUT2D eigenvalue weighted by Gasteiger charge is -2.21. The molecule has 1 atom stereocenters. The standard InChI is InChI=1S/C19H25N3O2/c20-16(11-14-7-3-1-4-8-14)19-22-17(13-24-19)18(23)21-12-15-9-5-2-6-10-15/h1,3-4,7-8,13,15-16H,2,5-6,9-12,20H2,(H,21,23). The quantitative estimate of drug-likeness (QED) is 0.853. The average Bonchev–Trinajstić information content (AvgIpc) is 3.12. The van der Waals surface area contributed by atoms with E-state index in [1.54, 1.807) is 0 Å². The van der Waals surface area contributed by atoms with E-state index in [0.29, 0.717) is 23.9 Å². The number of carbonyl (C=O) groups is 1. The normalized spacial score (nSPS) is 16.7. The first kappa shape index (κ1) is 16.7. The SMILES string of the molecule is NC(Cc1ccccc1)c1nc(C(=O)NCC2CCCCC2)co1. The van der Waals surface area contributed by atoms with Crippen molar-refractivity contribution in [2.75, 3.05) is 6.54 Å². The number of hydrogen-bond donors (Lipinski definition) is 2. The number of aromatic nitrogens is 1. The highest BCUT2D eigenvalue weighted by Crippen LogP contribution is 2.23. The molecule has 0 aliphatic heterocycles. The molecule has 0 saturated heterocycles. The Morgan fingerprint density at radius 1 is 1.25 bits per heavy atom. The Kier molecular flexibility index (Phi) is 5.64. The molecule has 1 aromatic carbocycles. The van der Waals surface area contributed by atoms with Crippen molar-refractivity contribution in [1.82, 2.24) is 10.3 Å². The van der Waals surface area contributed by atoms with E-state index in [1.807, 2.05) is 30.3 Å². The zero-order valence-electron chi connectivity index (χ0n) is 13.9. The number of nitrogens with one attached hydrogen (secondary N) is 1. The topological polar surface area (TPSA) is 81.1 Å². The first-order valence-corrected chi connectivity index (χ1v) is 8.75. The molecule has 24 heavy (non-hydrogen) atoms. The second-order valence-corrected chi connectivity index (χ2v) is 6.58. The summed E-state index contributed by atoms with van der Waals surface area (Å²) in [5.74, 6) is 0.818. The highest BCUT2D eigenvalue weighted by molar-refractivity contribution is 5.91. The van der Waals surface area contributed by atoms with Crippen LogP contribution in [0.2, 0.25) is 0 Å². The molecule has 1 aliphatic rings. The lowest BCUT2D eigenvalue weighted by molar-refractivity contribution is 0.0938. The number of rotatable bonds is 6. The van der Waals surface area contributed by atoms with Crippen molar-refractivity contribution in [3.8, 4) is 0 Å². The van der Waals surface area contributed by atoms with Crippen LogP contribution in [0.25, 0.3) is 0 Å². The van der Waals surface area contributed by atoms with Crippen LogP contribution < -0.4 is 11.1 Å². The number of nitrogens with zero attached hydrogens (tertiary/aromatic N) is 1. The Balaban J connectivity index is 1.53. The van der Waals surface area contributed by atoms with E-state index >= 15 is 0 Å². The molecule has 3 rings (SSSR count). The number of nitrogens with two attached hydrogens (primary N) is 1. The minimum absolute atomic E-state index is 0.178. The fourth-order valence-electron chi connectivity index (χ4n) is 3.24. The maximum absolute atomic E-state index is 12.2. The van der Waals surface area contributed by atoms with Crippen molar-refractivity contribution in [2.24, 2.45) is 11.7 Å². The Morgan fingerprint density at radius 3 is 2.75 bits per heavy atom. The van der Waals surface area contributed by atoms with Gasteiger partial charge >= 0.3 is 0 Å². The zero-order valence-corrected chi connectivity index (χ0v) is 13.9. The molecule has 5 heteroatoms. The number of carbonyl (C=O) groups excluding carboxylic acids is 1. The second kappa shape index (κ2) is 8.11. The van der Waals surface area contributed by atoms with Crippen molar-refractivity contribution in [2.45, 2.75) is 44.6 Å². The zero-order chi connectivity index (χ0) is 16.8. The lowest BCUT2D eigenvalue weighted by atomic mass is 9.89. The minimum Gasteiger partial charge on any atom is -0.446 e. The van der Waals surface area contributed by atoms with Crippen molar-refractivity contribution >= 4 is 5.91 Å². The monoisotopic (exact) mass is 327 g/mol. The Morgan fingerprint density at radius 2 is 2.00 bits per heavy atom. The average molecular weight is 327 g/mol. The van der Waals surface area contributed by atoms with E-state index < -0.39 is 0 Å². The summed E-state index contributed by atoms with van der Waals surface area (Å²) in [5, 5.41) is 2.97. The van der Waals surface area contributed by atoms with E-state index in [4.69, 9.17) is 10.2 Å². The molecular formula is C19H25N3O2. The van der Waals surface area contributed by atoms with Gasteiger partial charge in [-0.3, -0.25) is 4.79 Å². The predicted molar refractivity (Wildman–Crippen MR) is 92.5 cm³/mol. The summed E-state index contributed by atoms with van der Waals surface area (Å²) in [4.78, 5) is 16.5. The van der Waals surface area contributed by atoms with Crippen LogP contribution in [-0.4, -0.2) is 17.4 Å². The predicted octanol–water partition coefficient (Wildman–Crippen LogP) is 3.23. The largest absolute Gasteiger partial charge is 0.446 e. The van der Waals surface area contributed by atoms with Gasteiger partial charge in [0.2, 0.25) is 5.89 Å². The number of oxazole rings is 1. The van der Waals surface area contributed by atoms with Crippen molar-refractivity contribution in [3.63, 3.8) is 0 Å². The van der Waals surface area contributed by atoms with Crippen LogP contribution in [0.4, 0.5) is 0 Å². The van der Waals surface area contributed by atoms with E-state index in [9.17, 15) is 4.79 Å². The number of amides is 1. The van der Waals surface area contributed by atoms with Gasteiger partial charge in [-0.25, -0.2) is 4.98 Å². The van der Waals surface area contributed by atoms with Crippen molar-refractivity contribution in [3.05, 3.63) is 53.7 Å².